The van der Waals surface area contributed by atoms with E-state index in [-0.39, 0.29) is 12.0 Å². The van der Waals surface area contributed by atoms with Crippen molar-refractivity contribution in [3.63, 3.8) is 0 Å². The van der Waals surface area contributed by atoms with E-state index in [1.165, 1.54) is 0 Å². The number of rotatable bonds is 1. The number of aliphatic hydroxyl groups is 1. The second-order valence-electron chi connectivity index (χ2n) is 2.15. The molecule has 0 saturated carbocycles. The molecular weight excluding hydrogens is 92.1 g/mol. The lowest BCUT2D eigenvalue weighted by Gasteiger charge is -2.35. The van der Waals surface area contributed by atoms with Gasteiger partial charge in [-0.05, 0) is 6.92 Å². The van der Waals surface area contributed by atoms with Crippen LogP contribution >= 0.6 is 0 Å². The number of hydrogen-bond acceptors (Lipinski definition) is 2. The van der Waals surface area contributed by atoms with Crippen LogP contribution in [0.5, 0.6) is 0 Å². The molecule has 1 radical (unpaired) electrons. The fourth-order valence-electron chi connectivity index (χ4n) is 0.482. The fourth-order valence-corrected chi connectivity index (χ4v) is 0.482. The molecule has 0 atom stereocenters. The largest absolute Gasteiger partial charge is 0.396 e. The van der Waals surface area contributed by atoms with Crippen molar-refractivity contribution in [3.8, 4) is 0 Å². The van der Waals surface area contributed by atoms with E-state index in [0.717, 1.165) is 0 Å². The van der Waals surface area contributed by atoms with Crippen molar-refractivity contribution in [1.29, 1.82) is 0 Å². The second kappa shape index (κ2) is 1.46. The molecule has 1 aliphatic heterocycles. The van der Waals surface area contributed by atoms with Gasteiger partial charge in [0.15, 0.2) is 0 Å². The molecule has 7 heavy (non-hydrogen) atoms. The van der Waals surface area contributed by atoms with Crippen LogP contribution < -0.4 is 0 Å². The smallest absolute Gasteiger partial charge is 0.0566 e. The van der Waals surface area contributed by atoms with E-state index in [2.05, 4.69) is 6.92 Å². The van der Waals surface area contributed by atoms with E-state index in [9.17, 15) is 0 Å². The van der Waals surface area contributed by atoms with E-state index in [1.54, 1.807) is 0 Å². The normalized spacial score (nSPS) is 26.6. The zero-order valence-electron chi connectivity index (χ0n) is 4.18. The van der Waals surface area contributed by atoms with Crippen LogP contribution in [0.25, 0.3) is 0 Å². The van der Waals surface area contributed by atoms with Gasteiger partial charge in [-0.2, -0.15) is 0 Å². The number of hydrogen-bond donors (Lipinski definition) is 1. The summed E-state index contributed by atoms with van der Waals surface area (Å²) in [6.07, 6.45) is 0. The van der Waals surface area contributed by atoms with E-state index >= 15 is 0 Å². The van der Waals surface area contributed by atoms with Crippen LogP contribution in [-0.4, -0.2) is 24.9 Å². The molecule has 1 heterocycles. The van der Waals surface area contributed by atoms with Crippen molar-refractivity contribution in [2.75, 3.05) is 19.8 Å². The molecule has 1 aliphatic rings. The summed E-state index contributed by atoms with van der Waals surface area (Å²) in [5.74, 6) is 0. The zero-order valence-corrected chi connectivity index (χ0v) is 4.18. The first-order valence-electron chi connectivity index (χ1n) is 2.31. The minimum absolute atomic E-state index is 0.146. The Morgan fingerprint density at radius 3 is 2.29 bits per heavy atom. The lowest BCUT2D eigenvalue weighted by Crippen LogP contribution is -2.42. The van der Waals surface area contributed by atoms with Crippen LogP contribution in [0, 0.1) is 12.3 Å². The van der Waals surface area contributed by atoms with Gasteiger partial charge in [0.1, 0.15) is 0 Å². The van der Waals surface area contributed by atoms with Gasteiger partial charge in [-0.25, -0.2) is 0 Å². The summed E-state index contributed by atoms with van der Waals surface area (Å²) in [7, 11) is 0. The molecule has 0 aliphatic carbocycles. The van der Waals surface area contributed by atoms with Crippen LogP contribution in [0.1, 0.15) is 0 Å². The quantitative estimate of drug-likeness (QED) is 0.497. The SMILES string of the molecule is [CH2]C1(CO)COC1. The third-order valence-electron chi connectivity index (χ3n) is 1.15. The zero-order chi connectivity index (χ0) is 5.33. The Morgan fingerprint density at radius 1 is 1.71 bits per heavy atom. The van der Waals surface area contributed by atoms with E-state index in [4.69, 9.17) is 9.84 Å². The monoisotopic (exact) mass is 101 g/mol. The lowest BCUT2D eigenvalue weighted by molar-refractivity contribution is -0.108. The van der Waals surface area contributed by atoms with Crippen LogP contribution in [-0.2, 0) is 4.74 Å². The topological polar surface area (TPSA) is 29.5 Å². The Morgan fingerprint density at radius 2 is 2.29 bits per heavy atom. The minimum Gasteiger partial charge on any atom is -0.396 e. The first kappa shape index (κ1) is 5.06. The molecule has 1 N–H and O–H groups in total. The van der Waals surface area contributed by atoms with E-state index in [1.807, 2.05) is 0 Å². The summed E-state index contributed by atoms with van der Waals surface area (Å²) in [6, 6.07) is 0. The molecule has 2 nitrogen and oxygen atoms in total. The summed E-state index contributed by atoms with van der Waals surface area (Å²) >= 11 is 0. The molecule has 0 bridgehead atoms. The molecular formula is C5H9O2. The standard InChI is InChI=1S/C5H9O2/c1-5(2-6)3-7-4-5/h6H,1-4H2. The maximum Gasteiger partial charge on any atom is 0.0566 e. The van der Waals surface area contributed by atoms with E-state index < -0.39 is 0 Å². The Kier molecular flexibility index (Phi) is 1.05. The highest BCUT2D eigenvalue weighted by Crippen LogP contribution is 2.23. The van der Waals surface area contributed by atoms with Gasteiger partial charge in [0.05, 0.1) is 19.8 Å². The van der Waals surface area contributed by atoms with Crippen molar-refractivity contribution in [1.82, 2.24) is 0 Å². The third kappa shape index (κ3) is 0.763. The third-order valence-corrected chi connectivity index (χ3v) is 1.15. The Labute approximate surface area is 43.1 Å². The van der Waals surface area contributed by atoms with Gasteiger partial charge in [0.2, 0.25) is 0 Å². The molecule has 41 valence electrons. The summed E-state index contributed by atoms with van der Waals surface area (Å²) in [4.78, 5) is 0. The van der Waals surface area contributed by atoms with Crippen molar-refractivity contribution >= 4 is 0 Å². The molecule has 0 spiro atoms. The molecule has 2 heteroatoms. The Bertz CT molecular complexity index is 61.0. The molecule has 0 unspecified atom stereocenters. The Balaban J connectivity index is 2.29. The van der Waals surface area contributed by atoms with E-state index in [0.29, 0.717) is 13.2 Å². The Hall–Kier alpha value is -0.0800. The highest BCUT2D eigenvalue weighted by molar-refractivity contribution is 4.86. The van der Waals surface area contributed by atoms with Gasteiger partial charge in [0, 0.05) is 5.41 Å². The summed E-state index contributed by atoms with van der Waals surface area (Å²) in [5, 5.41) is 8.50. The molecule has 1 saturated heterocycles. The van der Waals surface area contributed by atoms with Crippen LogP contribution in [0.2, 0.25) is 0 Å². The van der Waals surface area contributed by atoms with Gasteiger partial charge in [0.25, 0.3) is 0 Å². The molecule has 0 aromatic heterocycles. The predicted octanol–water partition coefficient (Wildman–Crippen LogP) is -0.171. The van der Waals surface area contributed by atoms with Gasteiger partial charge in [-0.1, -0.05) is 0 Å². The summed E-state index contributed by atoms with van der Waals surface area (Å²) in [6.45, 7) is 5.09. The highest BCUT2D eigenvalue weighted by atomic mass is 16.5. The van der Waals surface area contributed by atoms with Crippen LogP contribution in [0.15, 0.2) is 0 Å². The first-order valence-corrected chi connectivity index (χ1v) is 2.31. The fraction of sp³-hybridized carbons (Fsp3) is 0.800. The maximum atomic E-state index is 8.50. The van der Waals surface area contributed by atoms with Crippen LogP contribution in [0.3, 0.4) is 0 Å². The van der Waals surface area contributed by atoms with Crippen LogP contribution in [0.4, 0.5) is 0 Å². The highest BCUT2D eigenvalue weighted by Gasteiger charge is 2.32. The molecule has 1 fully saturated rings. The summed E-state index contributed by atoms with van der Waals surface area (Å²) in [5.41, 5.74) is -0.153. The van der Waals surface area contributed by atoms with Gasteiger partial charge >= 0.3 is 0 Å². The average molecular weight is 101 g/mol. The van der Waals surface area contributed by atoms with Crippen molar-refractivity contribution < 1.29 is 9.84 Å². The van der Waals surface area contributed by atoms with Gasteiger partial charge < -0.3 is 9.84 Å². The molecule has 0 aromatic carbocycles. The van der Waals surface area contributed by atoms with Gasteiger partial charge in [-0.3, -0.25) is 0 Å². The molecule has 1 rings (SSSR count). The average Bonchev–Trinajstić information content (AvgIpc) is 1.61. The lowest BCUT2D eigenvalue weighted by atomic mass is 9.90. The van der Waals surface area contributed by atoms with Crippen molar-refractivity contribution in [3.05, 3.63) is 6.92 Å². The van der Waals surface area contributed by atoms with Crippen molar-refractivity contribution in [2.24, 2.45) is 5.41 Å². The minimum atomic E-state index is -0.153. The maximum absolute atomic E-state index is 8.50. The molecule has 0 aromatic rings. The molecule has 0 amide bonds. The summed E-state index contributed by atoms with van der Waals surface area (Å²) < 4.78 is 4.81. The predicted molar refractivity (Wildman–Crippen MR) is 25.7 cm³/mol. The van der Waals surface area contributed by atoms with Gasteiger partial charge in [-0.15, -0.1) is 0 Å². The number of aliphatic hydroxyl groups excluding tert-OH is 1. The second-order valence-corrected chi connectivity index (χ2v) is 2.15. The van der Waals surface area contributed by atoms with Crippen molar-refractivity contribution in [2.45, 2.75) is 0 Å². The number of ether oxygens (including phenoxy) is 1. The first-order chi connectivity index (χ1) is 3.27.